The van der Waals surface area contributed by atoms with Gasteiger partial charge in [0.15, 0.2) is 0 Å². The summed E-state index contributed by atoms with van der Waals surface area (Å²) in [6, 6.07) is 7.03. The number of carboxylic acids is 1. The first-order valence-electron chi connectivity index (χ1n) is 14.7. The largest absolute Gasteiger partial charge is 0.481 e. The van der Waals surface area contributed by atoms with E-state index in [0.717, 1.165) is 64.1 Å². The first-order chi connectivity index (χ1) is 18.2. The molecule has 2 aliphatic heterocycles. The van der Waals surface area contributed by atoms with E-state index in [1.807, 2.05) is 19.9 Å². The topological polar surface area (TPSA) is 61.6 Å². The zero-order valence-corrected chi connectivity index (χ0v) is 24.0. The van der Waals surface area contributed by atoms with Crippen molar-refractivity contribution in [2.24, 2.45) is 11.3 Å². The average molecular weight is 527 g/mol. The number of halogens is 1. The van der Waals surface area contributed by atoms with E-state index in [2.05, 4.69) is 35.3 Å². The van der Waals surface area contributed by atoms with Crippen molar-refractivity contribution in [2.45, 2.75) is 85.1 Å². The van der Waals surface area contributed by atoms with Crippen LogP contribution in [0.15, 0.2) is 24.3 Å². The molecule has 0 saturated carbocycles. The molecule has 0 bridgehead atoms. The van der Waals surface area contributed by atoms with Gasteiger partial charge in [0.05, 0.1) is 11.1 Å². The van der Waals surface area contributed by atoms with E-state index in [-0.39, 0.29) is 11.7 Å². The van der Waals surface area contributed by atoms with Gasteiger partial charge in [-0.15, -0.1) is 0 Å². The molecule has 1 N–H and O–H groups in total. The van der Waals surface area contributed by atoms with Crippen LogP contribution < -0.4 is 0 Å². The quantitative estimate of drug-likeness (QED) is 0.407. The van der Waals surface area contributed by atoms with Crippen molar-refractivity contribution in [3.8, 4) is 0 Å². The van der Waals surface area contributed by atoms with E-state index >= 15 is 0 Å². The molecule has 0 aliphatic carbocycles. The smallest absolute Gasteiger partial charge is 0.310 e. The highest BCUT2D eigenvalue weighted by Gasteiger charge is 2.42. The number of piperidine rings is 1. The first kappa shape index (κ1) is 28.8. The average Bonchev–Trinajstić information content (AvgIpc) is 3.47. The minimum Gasteiger partial charge on any atom is -0.481 e. The predicted octanol–water partition coefficient (Wildman–Crippen LogP) is 5.70. The number of carboxylic acid groups (broad SMARTS) is 1. The maximum atomic E-state index is 14.2. The summed E-state index contributed by atoms with van der Waals surface area (Å²) in [5.41, 5.74) is 4.37. The number of hydrogen-bond acceptors (Lipinski definition) is 4. The molecule has 210 valence electrons. The summed E-state index contributed by atoms with van der Waals surface area (Å²) >= 11 is 0. The van der Waals surface area contributed by atoms with Gasteiger partial charge in [-0.1, -0.05) is 32.9 Å². The Morgan fingerprint density at radius 1 is 1.11 bits per heavy atom. The van der Waals surface area contributed by atoms with Crippen molar-refractivity contribution in [1.29, 1.82) is 0 Å². The number of carbonyl (C=O) groups is 1. The second-order valence-corrected chi connectivity index (χ2v) is 11.6. The van der Waals surface area contributed by atoms with E-state index in [0.29, 0.717) is 31.2 Å². The Bertz CT molecular complexity index is 1090. The number of benzene rings is 1. The van der Waals surface area contributed by atoms with Crippen LogP contribution in [0, 0.1) is 24.1 Å². The van der Waals surface area contributed by atoms with Crippen LogP contribution in [0.1, 0.15) is 87.7 Å². The highest BCUT2D eigenvalue weighted by atomic mass is 19.1. The molecule has 2 aromatic rings. The van der Waals surface area contributed by atoms with Gasteiger partial charge >= 0.3 is 5.97 Å². The van der Waals surface area contributed by atoms with Crippen molar-refractivity contribution >= 4 is 5.97 Å². The van der Waals surface area contributed by atoms with Crippen molar-refractivity contribution in [3.63, 3.8) is 0 Å². The fourth-order valence-corrected chi connectivity index (χ4v) is 7.12. The molecule has 0 unspecified atom stereocenters. The summed E-state index contributed by atoms with van der Waals surface area (Å²) in [4.78, 5) is 17.1. The normalized spacial score (nSPS) is 21.8. The van der Waals surface area contributed by atoms with Gasteiger partial charge in [0.25, 0.3) is 0 Å². The number of rotatable bonds is 11. The molecule has 2 atom stereocenters. The van der Waals surface area contributed by atoms with Crippen LogP contribution in [-0.4, -0.2) is 69.9 Å². The molecule has 1 aromatic heterocycles. The van der Waals surface area contributed by atoms with Gasteiger partial charge in [-0.25, -0.2) is 4.39 Å². The number of nitrogens with zero attached hydrogens (tertiary/aromatic N) is 4. The van der Waals surface area contributed by atoms with E-state index in [9.17, 15) is 14.3 Å². The van der Waals surface area contributed by atoms with Gasteiger partial charge in [-0.05, 0) is 94.1 Å². The lowest BCUT2D eigenvalue weighted by Gasteiger charge is -2.35. The molecule has 2 aliphatic rings. The Morgan fingerprint density at radius 3 is 2.39 bits per heavy atom. The maximum absolute atomic E-state index is 14.2. The van der Waals surface area contributed by atoms with Crippen molar-refractivity contribution in [2.75, 3.05) is 39.3 Å². The zero-order chi connectivity index (χ0) is 27.4. The second-order valence-electron chi connectivity index (χ2n) is 11.6. The minimum absolute atomic E-state index is 0.197. The van der Waals surface area contributed by atoms with Gasteiger partial charge in [-0.3, -0.25) is 9.48 Å². The number of aliphatic carboxylic acids is 1. The molecule has 38 heavy (non-hydrogen) atoms. The summed E-state index contributed by atoms with van der Waals surface area (Å²) in [6.45, 7) is 16.7. The van der Waals surface area contributed by atoms with Crippen molar-refractivity contribution < 1.29 is 14.3 Å². The lowest BCUT2D eigenvalue weighted by Crippen LogP contribution is -2.42. The van der Waals surface area contributed by atoms with Crippen molar-refractivity contribution in [1.82, 2.24) is 19.6 Å². The molecular weight excluding hydrogens is 479 g/mol. The van der Waals surface area contributed by atoms with Gasteiger partial charge in [0, 0.05) is 44.3 Å². The summed E-state index contributed by atoms with van der Waals surface area (Å²) in [7, 11) is 0. The highest BCUT2D eigenvalue weighted by molar-refractivity contribution is 5.74. The third kappa shape index (κ3) is 5.84. The monoisotopic (exact) mass is 526 g/mol. The molecule has 0 amide bonds. The molecule has 7 heteroatoms. The third-order valence-corrected chi connectivity index (χ3v) is 9.58. The third-order valence-electron chi connectivity index (χ3n) is 9.58. The van der Waals surface area contributed by atoms with Crippen molar-refractivity contribution in [3.05, 3.63) is 52.6 Å². The molecule has 0 radical (unpaired) electrons. The molecule has 4 rings (SSSR count). The van der Waals surface area contributed by atoms with Crippen LogP contribution >= 0.6 is 0 Å². The van der Waals surface area contributed by atoms with Gasteiger partial charge in [0.2, 0.25) is 0 Å². The Morgan fingerprint density at radius 2 is 1.82 bits per heavy atom. The number of aryl methyl sites for hydroxylation is 2. The van der Waals surface area contributed by atoms with Crippen LogP contribution in [-0.2, 0) is 17.8 Å². The Labute approximate surface area is 228 Å². The fraction of sp³-hybridized carbons (Fsp3) is 0.677. The lowest BCUT2D eigenvalue weighted by molar-refractivity contribution is -0.150. The zero-order valence-electron chi connectivity index (χ0n) is 24.0. The fourth-order valence-electron chi connectivity index (χ4n) is 7.12. The van der Waals surface area contributed by atoms with E-state index in [1.165, 1.54) is 23.0 Å². The molecule has 6 nitrogen and oxygen atoms in total. The molecule has 1 aromatic carbocycles. The van der Waals surface area contributed by atoms with Crippen LogP contribution in [0.25, 0.3) is 0 Å². The molecule has 0 spiro atoms. The highest BCUT2D eigenvalue weighted by Crippen LogP contribution is 2.39. The molecular formula is C31H47FN4O2. The maximum Gasteiger partial charge on any atom is 0.310 e. The van der Waals surface area contributed by atoms with Crippen LogP contribution in [0.2, 0.25) is 0 Å². The summed E-state index contributed by atoms with van der Waals surface area (Å²) in [6.07, 6.45) is 4.48. The molecule has 2 saturated heterocycles. The lowest BCUT2D eigenvalue weighted by atomic mass is 9.82. The summed E-state index contributed by atoms with van der Waals surface area (Å²) in [5.74, 6) is 0.219. The summed E-state index contributed by atoms with van der Waals surface area (Å²) in [5, 5.41) is 14.9. The Balaban J connectivity index is 1.47. The predicted molar refractivity (Wildman–Crippen MR) is 150 cm³/mol. The standard InChI is InChI=1S/C31H47FN4O2/c1-6-28-29(22(5)36(9-4)33-28)23-13-15-34(16-14-23)18-25-19-35(21-31(7-2,8-3)30(37)38)20-27(25)24-11-10-12-26(32)17-24/h10-12,17,23,25,27H,6-9,13-16,18-21H2,1-5H3,(H,37,38)/t25-,27+/m0/s1. The van der Waals surface area contributed by atoms with Crippen LogP contribution in [0.4, 0.5) is 4.39 Å². The molecule has 3 heterocycles. The van der Waals surface area contributed by atoms with Crippen LogP contribution in [0.5, 0.6) is 0 Å². The summed E-state index contributed by atoms with van der Waals surface area (Å²) < 4.78 is 16.4. The second kappa shape index (κ2) is 12.3. The molecule has 2 fully saturated rings. The van der Waals surface area contributed by atoms with E-state index in [1.54, 1.807) is 12.1 Å². The van der Waals surface area contributed by atoms with Crippen LogP contribution in [0.3, 0.4) is 0 Å². The van der Waals surface area contributed by atoms with Gasteiger partial charge in [0.1, 0.15) is 5.82 Å². The number of hydrogen-bond donors (Lipinski definition) is 1. The Kier molecular flexibility index (Phi) is 9.30. The number of aromatic nitrogens is 2. The first-order valence-corrected chi connectivity index (χ1v) is 14.7. The number of likely N-dealkylation sites (tertiary alicyclic amines) is 2. The van der Waals surface area contributed by atoms with Gasteiger partial charge in [-0.2, -0.15) is 5.10 Å². The minimum atomic E-state index is -0.725. The van der Waals surface area contributed by atoms with E-state index < -0.39 is 11.4 Å². The van der Waals surface area contributed by atoms with Gasteiger partial charge < -0.3 is 14.9 Å². The SMILES string of the molecule is CCc1nn(CC)c(C)c1C1CCN(C[C@H]2CN(CC(CC)(CC)C(=O)O)C[C@@H]2c2cccc(F)c2)CC1. The Hall–Kier alpha value is -2.25. The van der Waals surface area contributed by atoms with E-state index in [4.69, 9.17) is 5.10 Å².